The zero-order valence-electron chi connectivity index (χ0n) is 11.9. The number of carboxylic acid groups (broad SMARTS) is 1. The van der Waals surface area contributed by atoms with Gasteiger partial charge in [-0.3, -0.25) is 0 Å². The summed E-state index contributed by atoms with van der Waals surface area (Å²) in [4.78, 5) is 11.1. The van der Waals surface area contributed by atoms with Gasteiger partial charge in [0.2, 0.25) is 10.0 Å². The van der Waals surface area contributed by atoms with Crippen LogP contribution in [0, 0.1) is 6.92 Å². The largest absolute Gasteiger partial charge is 0.478 e. The molecule has 1 N–H and O–H groups in total. The Morgan fingerprint density at radius 1 is 1.40 bits per heavy atom. The van der Waals surface area contributed by atoms with Crippen molar-refractivity contribution in [1.29, 1.82) is 0 Å². The monoisotopic (exact) mass is 297 g/mol. The van der Waals surface area contributed by atoms with Crippen molar-refractivity contribution in [3.8, 4) is 0 Å². The molecule has 1 aromatic rings. The fourth-order valence-corrected chi connectivity index (χ4v) is 3.69. The molecule has 0 saturated heterocycles. The van der Waals surface area contributed by atoms with Crippen molar-refractivity contribution in [3.05, 3.63) is 41.5 Å². The number of benzene rings is 1. The van der Waals surface area contributed by atoms with Gasteiger partial charge in [0.25, 0.3) is 0 Å². The van der Waals surface area contributed by atoms with Crippen LogP contribution in [0.15, 0.2) is 35.2 Å². The summed E-state index contributed by atoms with van der Waals surface area (Å²) in [6.07, 6.45) is 0. The summed E-state index contributed by atoms with van der Waals surface area (Å²) in [6, 6.07) is 4.27. The SMILES string of the molecule is C=C(C)CN(CC)S(=O)(=O)c1cccc(C(=O)O)c1C. The average Bonchev–Trinajstić information content (AvgIpc) is 2.35. The third-order valence-corrected chi connectivity index (χ3v) is 5.00. The molecule has 0 spiro atoms. The highest BCUT2D eigenvalue weighted by atomic mass is 32.2. The maximum atomic E-state index is 12.6. The Bertz CT molecular complexity index is 635. The van der Waals surface area contributed by atoms with Crippen LogP contribution in [-0.2, 0) is 10.0 Å². The summed E-state index contributed by atoms with van der Waals surface area (Å²) in [5, 5.41) is 9.07. The van der Waals surface area contributed by atoms with Crippen LogP contribution in [0.2, 0.25) is 0 Å². The number of carboxylic acids is 1. The second kappa shape index (κ2) is 6.19. The lowest BCUT2D eigenvalue weighted by Crippen LogP contribution is -2.33. The summed E-state index contributed by atoms with van der Waals surface area (Å²) >= 11 is 0. The van der Waals surface area contributed by atoms with Crippen LogP contribution in [0.4, 0.5) is 0 Å². The van der Waals surface area contributed by atoms with E-state index in [0.29, 0.717) is 6.54 Å². The third-order valence-electron chi connectivity index (χ3n) is 2.93. The average molecular weight is 297 g/mol. The number of likely N-dealkylation sites (N-methyl/N-ethyl adjacent to an activating group) is 1. The van der Waals surface area contributed by atoms with E-state index in [1.54, 1.807) is 13.8 Å². The van der Waals surface area contributed by atoms with Gasteiger partial charge in [-0.2, -0.15) is 4.31 Å². The number of rotatable bonds is 6. The van der Waals surface area contributed by atoms with E-state index in [0.717, 1.165) is 5.57 Å². The smallest absolute Gasteiger partial charge is 0.335 e. The molecule has 6 heteroatoms. The predicted octanol–water partition coefficient (Wildman–Crippen LogP) is 2.28. The summed E-state index contributed by atoms with van der Waals surface area (Å²) in [7, 11) is -3.72. The zero-order chi connectivity index (χ0) is 15.5. The lowest BCUT2D eigenvalue weighted by molar-refractivity contribution is 0.0696. The maximum Gasteiger partial charge on any atom is 0.335 e. The first-order valence-corrected chi connectivity index (χ1v) is 7.63. The number of hydrogen-bond acceptors (Lipinski definition) is 3. The van der Waals surface area contributed by atoms with E-state index >= 15 is 0 Å². The van der Waals surface area contributed by atoms with Crippen LogP contribution in [0.3, 0.4) is 0 Å². The fraction of sp³-hybridized carbons (Fsp3) is 0.357. The number of aromatic carboxylic acids is 1. The van der Waals surface area contributed by atoms with Crippen LogP contribution in [0.25, 0.3) is 0 Å². The molecule has 0 amide bonds. The Morgan fingerprint density at radius 2 is 2.00 bits per heavy atom. The molecule has 0 bridgehead atoms. The lowest BCUT2D eigenvalue weighted by atomic mass is 10.1. The lowest BCUT2D eigenvalue weighted by Gasteiger charge is -2.22. The van der Waals surface area contributed by atoms with Crippen molar-refractivity contribution < 1.29 is 18.3 Å². The first kappa shape index (κ1) is 16.4. The van der Waals surface area contributed by atoms with Gasteiger partial charge in [0.1, 0.15) is 0 Å². The molecule has 1 rings (SSSR count). The van der Waals surface area contributed by atoms with Crippen LogP contribution in [-0.4, -0.2) is 36.9 Å². The van der Waals surface area contributed by atoms with Gasteiger partial charge in [-0.15, -0.1) is 0 Å². The van der Waals surface area contributed by atoms with Gasteiger partial charge in [-0.1, -0.05) is 25.1 Å². The van der Waals surface area contributed by atoms with E-state index < -0.39 is 16.0 Å². The zero-order valence-corrected chi connectivity index (χ0v) is 12.7. The predicted molar refractivity (Wildman–Crippen MR) is 77.4 cm³/mol. The molecule has 0 unspecified atom stereocenters. The molecule has 5 nitrogen and oxygen atoms in total. The quantitative estimate of drug-likeness (QED) is 0.817. The Morgan fingerprint density at radius 3 is 2.45 bits per heavy atom. The van der Waals surface area contributed by atoms with E-state index in [-0.39, 0.29) is 22.6 Å². The summed E-state index contributed by atoms with van der Waals surface area (Å²) in [5.41, 5.74) is 0.972. The van der Waals surface area contributed by atoms with Gasteiger partial charge in [0.05, 0.1) is 10.5 Å². The highest BCUT2D eigenvalue weighted by Gasteiger charge is 2.26. The van der Waals surface area contributed by atoms with Gasteiger partial charge in [-0.05, 0) is 31.5 Å². The molecule has 20 heavy (non-hydrogen) atoms. The number of nitrogens with zero attached hydrogens (tertiary/aromatic N) is 1. The van der Waals surface area contributed by atoms with Crippen molar-refractivity contribution in [3.63, 3.8) is 0 Å². The molecule has 0 saturated carbocycles. The Hall–Kier alpha value is -1.66. The Kier molecular flexibility index (Phi) is 5.08. The fourth-order valence-electron chi connectivity index (χ4n) is 1.93. The molecule has 0 atom stereocenters. The molecule has 0 fully saturated rings. The van der Waals surface area contributed by atoms with Gasteiger partial charge in [0, 0.05) is 13.1 Å². The van der Waals surface area contributed by atoms with E-state index in [2.05, 4.69) is 6.58 Å². The highest BCUT2D eigenvalue weighted by molar-refractivity contribution is 7.89. The Balaban J connectivity index is 3.38. The van der Waals surface area contributed by atoms with Crippen LogP contribution >= 0.6 is 0 Å². The molecule has 0 heterocycles. The third kappa shape index (κ3) is 3.26. The topological polar surface area (TPSA) is 74.7 Å². The molecule has 0 aliphatic rings. The minimum absolute atomic E-state index is 0.00236. The molecular weight excluding hydrogens is 278 g/mol. The van der Waals surface area contributed by atoms with E-state index in [1.165, 1.54) is 29.4 Å². The second-order valence-electron chi connectivity index (χ2n) is 4.62. The van der Waals surface area contributed by atoms with Crippen molar-refractivity contribution in [2.24, 2.45) is 0 Å². The molecule has 0 aromatic heterocycles. The van der Waals surface area contributed by atoms with Crippen molar-refractivity contribution in [1.82, 2.24) is 4.31 Å². The minimum Gasteiger partial charge on any atom is -0.478 e. The molecule has 0 radical (unpaired) electrons. The first-order chi connectivity index (χ1) is 9.21. The maximum absolute atomic E-state index is 12.6. The van der Waals surface area contributed by atoms with Gasteiger partial charge >= 0.3 is 5.97 Å². The first-order valence-electron chi connectivity index (χ1n) is 6.19. The molecule has 0 aliphatic heterocycles. The van der Waals surface area contributed by atoms with Crippen molar-refractivity contribution in [2.75, 3.05) is 13.1 Å². The normalized spacial score (nSPS) is 11.6. The van der Waals surface area contributed by atoms with Gasteiger partial charge < -0.3 is 5.11 Å². The number of sulfonamides is 1. The Labute approximate surface area is 119 Å². The minimum atomic E-state index is -3.72. The number of hydrogen-bond donors (Lipinski definition) is 1. The van der Waals surface area contributed by atoms with Crippen LogP contribution in [0.5, 0.6) is 0 Å². The van der Waals surface area contributed by atoms with E-state index in [1.807, 2.05) is 0 Å². The summed E-state index contributed by atoms with van der Waals surface area (Å²) < 4.78 is 26.5. The van der Waals surface area contributed by atoms with Crippen LogP contribution in [0.1, 0.15) is 29.8 Å². The molecule has 1 aromatic carbocycles. The second-order valence-corrected chi connectivity index (χ2v) is 6.53. The van der Waals surface area contributed by atoms with Crippen molar-refractivity contribution >= 4 is 16.0 Å². The van der Waals surface area contributed by atoms with Gasteiger partial charge in [-0.25, -0.2) is 13.2 Å². The highest BCUT2D eigenvalue weighted by Crippen LogP contribution is 2.23. The van der Waals surface area contributed by atoms with Gasteiger partial charge in [0.15, 0.2) is 0 Å². The number of carbonyl (C=O) groups is 1. The molecular formula is C14H19NO4S. The standard InChI is InChI=1S/C14H19NO4S/c1-5-15(9-10(2)3)20(18,19)13-8-6-7-12(11(13)4)14(16)17/h6-8H,2,5,9H2,1,3-4H3,(H,16,17). The summed E-state index contributed by atoms with van der Waals surface area (Å²) in [5.74, 6) is -1.14. The van der Waals surface area contributed by atoms with Crippen molar-refractivity contribution in [2.45, 2.75) is 25.7 Å². The van der Waals surface area contributed by atoms with Crippen LogP contribution < -0.4 is 0 Å². The molecule has 110 valence electrons. The molecule has 0 aliphatic carbocycles. The van der Waals surface area contributed by atoms with E-state index in [4.69, 9.17) is 5.11 Å². The summed E-state index contributed by atoms with van der Waals surface area (Å²) in [6.45, 7) is 9.22. The van der Waals surface area contributed by atoms with E-state index in [9.17, 15) is 13.2 Å².